The third-order valence-electron chi connectivity index (χ3n) is 3.83. The van der Waals surface area contributed by atoms with Crippen molar-refractivity contribution in [3.05, 3.63) is 46.7 Å². The van der Waals surface area contributed by atoms with E-state index in [1.54, 1.807) is 6.20 Å². The molecule has 1 unspecified atom stereocenters. The summed E-state index contributed by atoms with van der Waals surface area (Å²) in [6.07, 6.45) is 6.65. The fraction of sp³-hybridized carbons (Fsp3) is 0.375. The lowest BCUT2D eigenvalue weighted by Gasteiger charge is -2.11. The summed E-state index contributed by atoms with van der Waals surface area (Å²) in [4.78, 5) is 12.0. The Morgan fingerprint density at radius 3 is 2.78 bits per heavy atom. The number of rotatable bonds is 5. The first-order valence-corrected chi connectivity index (χ1v) is 8.31. The molecule has 1 saturated heterocycles. The fourth-order valence-corrected chi connectivity index (χ4v) is 2.92. The van der Waals surface area contributed by atoms with E-state index in [0.29, 0.717) is 0 Å². The van der Waals surface area contributed by atoms with E-state index in [0.717, 1.165) is 42.5 Å². The highest BCUT2D eigenvalue weighted by atomic mass is 79.9. The number of aromatic nitrogens is 2. The zero-order valence-corrected chi connectivity index (χ0v) is 15.1. The number of halogens is 2. The lowest BCUT2D eigenvalue weighted by Crippen LogP contribution is -2.35. The molecule has 7 heteroatoms. The number of carbonyl (C=O) groups excluding carboxylic acids is 1. The van der Waals surface area contributed by atoms with Gasteiger partial charge in [-0.2, -0.15) is 5.10 Å². The third-order valence-corrected chi connectivity index (χ3v) is 4.24. The van der Waals surface area contributed by atoms with Crippen molar-refractivity contribution in [1.29, 1.82) is 0 Å². The van der Waals surface area contributed by atoms with Crippen molar-refractivity contribution >= 4 is 39.9 Å². The first kappa shape index (κ1) is 18.0. The lowest BCUT2D eigenvalue weighted by atomic mass is 10.1. The molecule has 124 valence electrons. The molecule has 1 amide bonds. The van der Waals surface area contributed by atoms with Crippen molar-refractivity contribution in [3.63, 3.8) is 0 Å². The summed E-state index contributed by atoms with van der Waals surface area (Å²) in [5.41, 5.74) is 2.08. The summed E-state index contributed by atoms with van der Waals surface area (Å²) < 4.78 is 2.90. The number of benzene rings is 1. The number of anilines is 1. The number of hydrogen-bond acceptors (Lipinski definition) is 3. The van der Waals surface area contributed by atoms with Crippen LogP contribution in [0.1, 0.15) is 18.4 Å². The molecule has 0 radical (unpaired) electrons. The quantitative estimate of drug-likeness (QED) is 0.812. The molecular weight excluding hydrogens is 380 g/mol. The first-order chi connectivity index (χ1) is 10.7. The Bertz CT molecular complexity index is 638. The van der Waals surface area contributed by atoms with E-state index in [2.05, 4.69) is 43.8 Å². The van der Waals surface area contributed by atoms with Gasteiger partial charge in [-0.15, -0.1) is 12.4 Å². The molecule has 5 nitrogen and oxygen atoms in total. The van der Waals surface area contributed by atoms with Crippen molar-refractivity contribution in [2.75, 3.05) is 11.9 Å². The van der Waals surface area contributed by atoms with Gasteiger partial charge in [-0.3, -0.25) is 9.48 Å². The number of carbonyl (C=O) groups is 1. The SMILES string of the molecule is Cl.O=C(Nc1ccc(CCn2cc(Br)cn2)cc1)C1CCCN1. The highest BCUT2D eigenvalue weighted by molar-refractivity contribution is 9.10. The fourth-order valence-electron chi connectivity index (χ4n) is 2.60. The number of amides is 1. The summed E-state index contributed by atoms with van der Waals surface area (Å²) in [6.45, 7) is 1.77. The smallest absolute Gasteiger partial charge is 0.241 e. The van der Waals surface area contributed by atoms with Crippen LogP contribution in [0, 0.1) is 0 Å². The average molecular weight is 400 g/mol. The van der Waals surface area contributed by atoms with Crippen LogP contribution >= 0.6 is 28.3 Å². The van der Waals surface area contributed by atoms with Gasteiger partial charge in [0.2, 0.25) is 5.91 Å². The number of hydrogen-bond donors (Lipinski definition) is 2. The topological polar surface area (TPSA) is 59.0 Å². The molecule has 0 bridgehead atoms. The first-order valence-electron chi connectivity index (χ1n) is 7.52. The van der Waals surface area contributed by atoms with Gasteiger partial charge in [-0.1, -0.05) is 12.1 Å². The van der Waals surface area contributed by atoms with Gasteiger partial charge >= 0.3 is 0 Å². The molecule has 0 saturated carbocycles. The van der Waals surface area contributed by atoms with Gasteiger partial charge in [0, 0.05) is 18.4 Å². The summed E-state index contributed by atoms with van der Waals surface area (Å²) >= 11 is 3.39. The van der Waals surface area contributed by atoms with Crippen LogP contribution in [0.4, 0.5) is 5.69 Å². The second-order valence-electron chi connectivity index (χ2n) is 5.51. The van der Waals surface area contributed by atoms with Gasteiger partial charge < -0.3 is 10.6 Å². The highest BCUT2D eigenvalue weighted by Gasteiger charge is 2.21. The molecule has 2 N–H and O–H groups in total. The summed E-state index contributed by atoms with van der Waals surface area (Å²) in [6, 6.07) is 7.98. The van der Waals surface area contributed by atoms with E-state index in [9.17, 15) is 4.79 Å². The second kappa shape index (κ2) is 8.47. The molecule has 1 aromatic heterocycles. The van der Waals surface area contributed by atoms with E-state index < -0.39 is 0 Å². The Hall–Kier alpha value is -1.37. The zero-order chi connectivity index (χ0) is 15.4. The predicted octanol–water partition coefficient (Wildman–Crippen LogP) is 3.00. The molecule has 1 aliphatic rings. The van der Waals surface area contributed by atoms with E-state index in [1.807, 2.05) is 23.0 Å². The maximum Gasteiger partial charge on any atom is 0.241 e. The molecule has 1 atom stereocenters. The van der Waals surface area contributed by atoms with E-state index in [1.165, 1.54) is 5.56 Å². The standard InChI is InChI=1S/C16H19BrN4O.ClH/c17-13-10-19-21(11-13)9-7-12-3-5-14(6-4-12)20-16(22)15-2-1-8-18-15;/h3-6,10-11,15,18H,1-2,7-9H2,(H,20,22);1H. The Kier molecular flexibility index (Phi) is 6.62. The number of nitrogens with one attached hydrogen (secondary N) is 2. The van der Waals surface area contributed by atoms with Crippen molar-refractivity contribution < 1.29 is 4.79 Å². The van der Waals surface area contributed by atoms with Crippen molar-refractivity contribution in [1.82, 2.24) is 15.1 Å². The van der Waals surface area contributed by atoms with E-state index >= 15 is 0 Å². The minimum Gasteiger partial charge on any atom is -0.325 e. The highest BCUT2D eigenvalue weighted by Crippen LogP contribution is 2.14. The minimum absolute atomic E-state index is 0. The molecule has 1 fully saturated rings. The zero-order valence-electron chi connectivity index (χ0n) is 12.7. The van der Waals surface area contributed by atoms with Gasteiger partial charge in [-0.25, -0.2) is 0 Å². The van der Waals surface area contributed by atoms with Gasteiger partial charge in [0.1, 0.15) is 0 Å². The largest absolute Gasteiger partial charge is 0.325 e. The van der Waals surface area contributed by atoms with Crippen LogP contribution in [-0.2, 0) is 17.8 Å². The Labute approximate surface area is 150 Å². The minimum atomic E-state index is -0.0436. The van der Waals surface area contributed by atoms with Gasteiger partial charge in [0.15, 0.2) is 0 Å². The third kappa shape index (κ3) is 5.06. The van der Waals surface area contributed by atoms with Crippen LogP contribution in [0.15, 0.2) is 41.1 Å². The van der Waals surface area contributed by atoms with E-state index in [-0.39, 0.29) is 24.4 Å². The Morgan fingerprint density at radius 1 is 1.39 bits per heavy atom. The van der Waals surface area contributed by atoms with Gasteiger partial charge in [-0.05, 0) is 59.4 Å². The van der Waals surface area contributed by atoms with Crippen LogP contribution in [0.25, 0.3) is 0 Å². The number of nitrogens with zero attached hydrogens (tertiary/aromatic N) is 2. The summed E-state index contributed by atoms with van der Waals surface area (Å²) in [7, 11) is 0. The van der Waals surface area contributed by atoms with Crippen LogP contribution in [-0.4, -0.2) is 28.3 Å². The molecule has 23 heavy (non-hydrogen) atoms. The molecule has 2 heterocycles. The molecular formula is C16H20BrClN4O. The average Bonchev–Trinajstić information content (AvgIpc) is 3.18. The van der Waals surface area contributed by atoms with Crippen LogP contribution in [0.5, 0.6) is 0 Å². The van der Waals surface area contributed by atoms with Crippen LogP contribution in [0.3, 0.4) is 0 Å². The van der Waals surface area contributed by atoms with Crippen molar-refractivity contribution in [3.8, 4) is 0 Å². The number of aryl methyl sites for hydroxylation is 2. The molecule has 2 aromatic rings. The second-order valence-corrected chi connectivity index (χ2v) is 6.42. The maximum absolute atomic E-state index is 12.0. The maximum atomic E-state index is 12.0. The predicted molar refractivity (Wildman–Crippen MR) is 97.0 cm³/mol. The molecule has 0 spiro atoms. The van der Waals surface area contributed by atoms with E-state index in [4.69, 9.17) is 0 Å². The molecule has 1 aliphatic heterocycles. The lowest BCUT2D eigenvalue weighted by molar-refractivity contribution is -0.117. The van der Waals surface area contributed by atoms with Crippen LogP contribution < -0.4 is 10.6 Å². The summed E-state index contributed by atoms with van der Waals surface area (Å²) in [5, 5.41) is 10.4. The monoisotopic (exact) mass is 398 g/mol. The molecule has 0 aliphatic carbocycles. The van der Waals surface area contributed by atoms with Crippen molar-refractivity contribution in [2.24, 2.45) is 0 Å². The van der Waals surface area contributed by atoms with Gasteiger partial charge in [0.25, 0.3) is 0 Å². The summed E-state index contributed by atoms with van der Waals surface area (Å²) in [5.74, 6) is 0.0617. The van der Waals surface area contributed by atoms with Gasteiger partial charge in [0.05, 0.1) is 16.7 Å². The Morgan fingerprint density at radius 2 is 2.17 bits per heavy atom. The van der Waals surface area contributed by atoms with Crippen LogP contribution in [0.2, 0.25) is 0 Å². The molecule has 1 aromatic carbocycles. The molecule has 3 rings (SSSR count). The normalized spacial score (nSPS) is 16.8. The van der Waals surface area contributed by atoms with Crippen molar-refractivity contribution in [2.45, 2.75) is 31.8 Å². The Balaban J connectivity index is 0.00000192.